The third-order valence-corrected chi connectivity index (χ3v) is 2.15. The molecular formula is C12H14ClNO2. The maximum Gasteiger partial charge on any atom is 0.357 e. The maximum absolute atomic E-state index is 11.6. The number of esters is 1. The predicted molar refractivity (Wildman–Crippen MR) is 65.2 cm³/mol. The van der Waals surface area contributed by atoms with Crippen molar-refractivity contribution in [2.24, 2.45) is 4.99 Å². The minimum absolute atomic E-state index is 0.342. The second-order valence-corrected chi connectivity index (χ2v) is 3.49. The Hall–Kier alpha value is -1.35. The van der Waals surface area contributed by atoms with Gasteiger partial charge in [-0.1, -0.05) is 23.7 Å². The van der Waals surface area contributed by atoms with Crippen LogP contribution in [0.15, 0.2) is 29.3 Å². The SMILES string of the molecule is CCN=C(C(=O)OCC)c1ccc(Cl)cc1. The average molecular weight is 240 g/mol. The van der Waals surface area contributed by atoms with Crippen molar-refractivity contribution in [1.29, 1.82) is 0 Å². The molecule has 16 heavy (non-hydrogen) atoms. The molecule has 0 unspecified atom stereocenters. The molecule has 0 fully saturated rings. The highest BCUT2D eigenvalue weighted by molar-refractivity contribution is 6.43. The molecule has 0 bridgehead atoms. The molecule has 0 heterocycles. The molecule has 0 saturated carbocycles. The topological polar surface area (TPSA) is 38.7 Å². The van der Waals surface area contributed by atoms with Crippen LogP contribution < -0.4 is 0 Å². The normalized spacial score (nSPS) is 11.3. The van der Waals surface area contributed by atoms with E-state index >= 15 is 0 Å². The number of carbonyl (C=O) groups excluding carboxylic acids is 1. The van der Waals surface area contributed by atoms with Crippen LogP contribution >= 0.6 is 11.6 Å². The molecule has 1 rings (SSSR count). The fourth-order valence-corrected chi connectivity index (χ4v) is 1.37. The van der Waals surface area contributed by atoms with E-state index in [2.05, 4.69) is 4.99 Å². The number of hydrogen-bond acceptors (Lipinski definition) is 3. The van der Waals surface area contributed by atoms with Gasteiger partial charge in [0.15, 0.2) is 0 Å². The molecule has 1 aromatic carbocycles. The zero-order chi connectivity index (χ0) is 12.0. The van der Waals surface area contributed by atoms with Crippen molar-refractivity contribution >= 4 is 23.3 Å². The highest BCUT2D eigenvalue weighted by Crippen LogP contribution is 2.11. The lowest BCUT2D eigenvalue weighted by Crippen LogP contribution is -2.19. The number of nitrogens with zero attached hydrogens (tertiary/aromatic N) is 1. The minimum atomic E-state index is -0.397. The molecular weight excluding hydrogens is 226 g/mol. The number of benzene rings is 1. The van der Waals surface area contributed by atoms with Crippen LogP contribution in [0, 0.1) is 0 Å². The second kappa shape index (κ2) is 6.28. The third kappa shape index (κ3) is 3.35. The molecule has 0 saturated heterocycles. The predicted octanol–water partition coefficient (Wildman–Crippen LogP) is 2.71. The van der Waals surface area contributed by atoms with Gasteiger partial charge in [-0.25, -0.2) is 4.79 Å². The van der Waals surface area contributed by atoms with E-state index in [9.17, 15) is 4.79 Å². The number of rotatable bonds is 4. The first-order valence-electron chi connectivity index (χ1n) is 5.16. The lowest BCUT2D eigenvalue weighted by Gasteiger charge is -2.05. The molecule has 0 N–H and O–H groups in total. The molecule has 0 amide bonds. The van der Waals surface area contributed by atoms with E-state index in [0.29, 0.717) is 23.9 Å². The van der Waals surface area contributed by atoms with Gasteiger partial charge in [0.05, 0.1) is 6.61 Å². The Kier molecular flexibility index (Phi) is 4.99. The van der Waals surface area contributed by atoms with Crippen molar-refractivity contribution in [2.45, 2.75) is 13.8 Å². The summed E-state index contributed by atoms with van der Waals surface area (Å²) in [6.45, 7) is 4.52. The van der Waals surface area contributed by atoms with Crippen molar-refractivity contribution in [1.82, 2.24) is 0 Å². The molecule has 0 aromatic heterocycles. The van der Waals surface area contributed by atoms with Crippen molar-refractivity contribution in [3.63, 3.8) is 0 Å². The largest absolute Gasteiger partial charge is 0.461 e. The maximum atomic E-state index is 11.6. The average Bonchev–Trinajstić information content (AvgIpc) is 2.28. The van der Waals surface area contributed by atoms with E-state index in [1.165, 1.54) is 0 Å². The van der Waals surface area contributed by atoms with Crippen LogP contribution in [-0.2, 0) is 9.53 Å². The molecule has 4 heteroatoms. The molecule has 0 spiro atoms. The van der Waals surface area contributed by atoms with Crippen molar-refractivity contribution in [2.75, 3.05) is 13.2 Å². The summed E-state index contributed by atoms with van der Waals surface area (Å²) >= 11 is 5.78. The summed E-state index contributed by atoms with van der Waals surface area (Å²) in [5.74, 6) is -0.397. The first-order chi connectivity index (χ1) is 7.69. The van der Waals surface area contributed by atoms with Gasteiger partial charge >= 0.3 is 5.97 Å². The van der Waals surface area contributed by atoms with Gasteiger partial charge in [-0.2, -0.15) is 0 Å². The molecule has 86 valence electrons. The van der Waals surface area contributed by atoms with E-state index < -0.39 is 5.97 Å². The van der Waals surface area contributed by atoms with Crippen LogP contribution in [0.1, 0.15) is 19.4 Å². The fraction of sp³-hybridized carbons (Fsp3) is 0.333. The van der Waals surface area contributed by atoms with Gasteiger partial charge < -0.3 is 4.74 Å². The monoisotopic (exact) mass is 239 g/mol. The number of hydrogen-bond donors (Lipinski definition) is 0. The summed E-state index contributed by atoms with van der Waals surface area (Å²) < 4.78 is 4.94. The van der Waals surface area contributed by atoms with Crippen molar-refractivity contribution in [3.8, 4) is 0 Å². The van der Waals surface area contributed by atoms with E-state index in [1.54, 1.807) is 31.2 Å². The number of aliphatic imine (C=N–C) groups is 1. The molecule has 0 atom stereocenters. The van der Waals surface area contributed by atoms with E-state index in [-0.39, 0.29) is 0 Å². The summed E-state index contributed by atoms with van der Waals surface area (Å²) in [5, 5.41) is 0.628. The van der Waals surface area contributed by atoms with Crippen molar-refractivity contribution in [3.05, 3.63) is 34.9 Å². The first kappa shape index (κ1) is 12.7. The lowest BCUT2D eigenvalue weighted by atomic mass is 10.1. The number of halogens is 1. The standard InChI is InChI=1S/C12H14ClNO2/c1-3-14-11(12(15)16-4-2)9-5-7-10(13)8-6-9/h5-8H,3-4H2,1-2H3. The molecule has 3 nitrogen and oxygen atoms in total. The Bertz CT molecular complexity index is 385. The highest BCUT2D eigenvalue weighted by atomic mass is 35.5. The summed E-state index contributed by atoms with van der Waals surface area (Å²) in [6.07, 6.45) is 0. The third-order valence-electron chi connectivity index (χ3n) is 1.90. The highest BCUT2D eigenvalue weighted by Gasteiger charge is 2.14. The van der Waals surface area contributed by atoms with Crippen LogP contribution in [0.5, 0.6) is 0 Å². The zero-order valence-electron chi connectivity index (χ0n) is 9.37. The van der Waals surface area contributed by atoms with Gasteiger partial charge in [0, 0.05) is 17.1 Å². The van der Waals surface area contributed by atoms with Crippen LogP contribution in [0.3, 0.4) is 0 Å². The molecule has 0 aliphatic heterocycles. The molecule has 0 aliphatic carbocycles. The van der Waals surface area contributed by atoms with Crippen LogP contribution in [0.2, 0.25) is 5.02 Å². The number of carbonyl (C=O) groups is 1. The van der Waals surface area contributed by atoms with Gasteiger partial charge in [0.2, 0.25) is 0 Å². The second-order valence-electron chi connectivity index (χ2n) is 3.05. The summed E-state index contributed by atoms with van der Waals surface area (Å²) in [6, 6.07) is 6.96. The Balaban J connectivity index is 2.99. The Morgan fingerprint density at radius 3 is 2.44 bits per heavy atom. The Labute approximate surface area is 100 Å². The van der Waals surface area contributed by atoms with Crippen LogP contribution in [0.4, 0.5) is 0 Å². The first-order valence-corrected chi connectivity index (χ1v) is 5.54. The van der Waals surface area contributed by atoms with Crippen LogP contribution in [0.25, 0.3) is 0 Å². The molecule has 0 aliphatic rings. The van der Waals surface area contributed by atoms with Gasteiger partial charge in [-0.15, -0.1) is 0 Å². The van der Waals surface area contributed by atoms with Gasteiger partial charge in [-0.05, 0) is 26.0 Å². The smallest absolute Gasteiger partial charge is 0.357 e. The van der Waals surface area contributed by atoms with E-state index in [4.69, 9.17) is 16.3 Å². The lowest BCUT2D eigenvalue weighted by molar-refractivity contribution is -0.134. The summed E-state index contributed by atoms with van der Waals surface area (Å²) in [5.41, 5.74) is 1.07. The van der Waals surface area contributed by atoms with Gasteiger partial charge in [0.25, 0.3) is 0 Å². The molecule has 1 aromatic rings. The quantitative estimate of drug-likeness (QED) is 0.599. The minimum Gasteiger partial charge on any atom is -0.461 e. The summed E-state index contributed by atoms with van der Waals surface area (Å²) in [4.78, 5) is 15.8. The molecule has 0 radical (unpaired) electrons. The Morgan fingerprint density at radius 1 is 1.31 bits per heavy atom. The van der Waals surface area contributed by atoms with E-state index in [1.807, 2.05) is 6.92 Å². The van der Waals surface area contributed by atoms with Gasteiger partial charge in [-0.3, -0.25) is 4.99 Å². The zero-order valence-corrected chi connectivity index (χ0v) is 10.1. The summed E-state index contributed by atoms with van der Waals surface area (Å²) in [7, 11) is 0. The Morgan fingerprint density at radius 2 is 1.94 bits per heavy atom. The van der Waals surface area contributed by atoms with E-state index in [0.717, 1.165) is 5.56 Å². The van der Waals surface area contributed by atoms with Crippen LogP contribution in [-0.4, -0.2) is 24.8 Å². The number of ether oxygens (including phenoxy) is 1. The fourth-order valence-electron chi connectivity index (χ4n) is 1.24. The van der Waals surface area contributed by atoms with Gasteiger partial charge in [0.1, 0.15) is 5.71 Å². The van der Waals surface area contributed by atoms with Crippen molar-refractivity contribution < 1.29 is 9.53 Å².